The molecule has 1 aliphatic heterocycles. The minimum absolute atomic E-state index is 0.203. The van der Waals surface area contributed by atoms with E-state index < -0.39 is 11.7 Å². The average Bonchev–Trinajstić information content (AvgIpc) is 3.04. The van der Waals surface area contributed by atoms with Crippen molar-refractivity contribution in [1.82, 2.24) is 5.32 Å². The molecule has 0 saturated heterocycles. The van der Waals surface area contributed by atoms with Crippen LogP contribution < -0.4 is 5.32 Å². The third kappa shape index (κ3) is 4.57. The second kappa shape index (κ2) is 7.23. The smallest absolute Gasteiger partial charge is 0.390 e. The largest absolute Gasteiger partial charge is 0.416 e. The van der Waals surface area contributed by atoms with Crippen LogP contribution in [-0.2, 0) is 17.6 Å². The maximum absolute atomic E-state index is 12.9. The zero-order chi connectivity index (χ0) is 17.9. The molecule has 3 rings (SSSR count). The molecule has 1 heterocycles. The lowest BCUT2D eigenvalue weighted by Crippen LogP contribution is -2.26. The number of halogens is 4. The Kier molecular flexibility index (Phi) is 5.03. The quantitative estimate of drug-likeness (QED) is 0.821. The zero-order valence-corrected chi connectivity index (χ0v) is 13.2. The lowest BCUT2D eigenvalue weighted by Gasteiger charge is -2.11. The van der Waals surface area contributed by atoms with Gasteiger partial charge < -0.3 is 10.2 Å². The molecule has 2 aromatic rings. The van der Waals surface area contributed by atoms with Crippen molar-refractivity contribution in [3.63, 3.8) is 0 Å². The summed E-state index contributed by atoms with van der Waals surface area (Å²) in [5.41, 5.74) is 1.41. The molecule has 7 heteroatoms. The Morgan fingerprint density at radius 3 is 2.60 bits per heavy atom. The molecule has 0 bridgehead atoms. The van der Waals surface area contributed by atoms with Crippen LogP contribution >= 0.6 is 0 Å². The van der Waals surface area contributed by atoms with Crippen LogP contribution in [0.2, 0.25) is 0 Å². The first-order valence-corrected chi connectivity index (χ1v) is 7.77. The fourth-order valence-corrected chi connectivity index (χ4v) is 2.59. The fraction of sp³-hybridized carbons (Fsp3) is 0.278. The van der Waals surface area contributed by atoms with Crippen molar-refractivity contribution in [3.05, 3.63) is 71.0 Å². The average molecular weight is 352 g/mol. The molecule has 1 aliphatic rings. The van der Waals surface area contributed by atoms with Gasteiger partial charge in [0.05, 0.1) is 11.3 Å². The van der Waals surface area contributed by atoms with E-state index >= 15 is 0 Å². The Hall–Kier alpha value is -2.41. The molecule has 3 nitrogen and oxygen atoms in total. The van der Waals surface area contributed by atoms with Crippen LogP contribution in [0.15, 0.2) is 53.7 Å². The summed E-state index contributed by atoms with van der Waals surface area (Å²) >= 11 is 0. The van der Waals surface area contributed by atoms with E-state index in [2.05, 4.69) is 10.5 Å². The Morgan fingerprint density at radius 2 is 1.88 bits per heavy atom. The van der Waals surface area contributed by atoms with Gasteiger partial charge in [-0.1, -0.05) is 35.5 Å². The zero-order valence-electron chi connectivity index (χ0n) is 13.2. The van der Waals surface area contributed by atoms with Gasteiger partial charge in [-0.3, -0.25) is 0 Å². The van der Waals surface area contributed by atoms with Crippen LogP contribution in [0.1, 0.15) is 23.1 Å². The van der Waals surface area contributed by atoms with Crippen molar-refractivity contribution in [1.29, 1.82) is 0 Å². The van der Waals surface area contributed by atoms with Crippen LogP contribution in [-0.4, -0.2) is 18.4 Å². The molecule has 0 saturated carbocycles. The maximum atomic E-state index is 12.9. The molecule has 2 aromatic carbocycles. The number of hydrogen-bond donors (Lipinski definition) is 1. The minimum Gasteiger partial charge on any atom is -0.390 e. The first-order valence-electron chi connectivity index (χ1n) is 7.77. The SMILES string of the molecule is Fc1ccc(C2=NO[C@H](CNCc3cccc(C(F)(F)F)c3)C2)cc1. The molecule has 0 fully saturated rings. The highest BCUT2D eigenvalue weighted by molar-refractivity contribution is 6.01. The van der Waals surface area contributed by atoms with Gasteiger partial charge in [0.2, 0.25) is 0 Å². The normalized spacial score (nSPS) is 17.3. The van der Waals surface area contributed by atoms with Crippen LogP contribution in [0.5, 0.6) is 0 Å². The van der Waals surface area contributed by atoms with E-state index in [4.69, 9.17) is 4.84 Å². The second-order valence-corrected chi connectivity index (χ2v) is 5.81. The molecule has 0 aromatic heterocycles. The van der Waals surface area contributed by atoms with E-state index in [1.54, 1.807) is 18.2 Å². The van der Waals surface area contributed by atoms with Crippen LogP contribution in [0.3, 0.4) is 0 Å². The number of alkyl halides is 3. The van der Waals surface area contributed by atoms with Gasteiger partial charge in [-0.15, -0.1) is 0 Å². The van der Waals surface area contributed by atoms with Crippen molar-refractivity contribution in [3.8, 4) is 0 Å². The van der Waals surface area contributed by atoms with Crippen molar-refractivity contribution < 1.29 is 22.4 Å². The number of benzene rings is 2. The maximum Gasteiger partial charge on any atom is 0.416 e. The van der Waals surface area contributed by atoms with E-state index in [9.17, 15) is 17.6 Å². The molecule has 1 atom stereocenters. The lowest BCUT2D eigenvalue weighted by atomic mass is 10.0. The Morgan fingerprint density at radius 1 is 1.12 bits per heavy atom. The van der Waals surface area contributed by atoms with Gasteiger partial charge in [0, 0.05) is 19.5 Å². The summed E-state index contributed by atoms with van der Waals surface area (Å²) in [6.07, 6.45) is -3.99. The first-order chi connectivity index (χ1) is 11.9. The van der Waals surface area contributed by atoms with Crippen LogP contribution in [0, 0.1) is 5.82 Å². The molecular weight excluding hydrogens is 336 g/mol. The molecule has 25 heavy (non-hydrogen) atoms. The van der Waals surface area contributed by atoms with E-state index in [1.165, 1.54) is 18.2 Å². The van der Waals surface area contributed by atoms with Crippen molar-refractivity contribution >= 4 is 5.71 Å². The molecule has 0 spiro atoms. The van der Waals surface area contributed by atoms with Crippen molar-refractivity contribution in [2.24, 2.45) is 5.16 Å². The van der Waals surface area contributed by atoms with Crippen molar-refractivity contribution in [2.75, 3.05) is 6.54 Å². The molecule has 0 unspecified atom stereocenters. The molecule has 1 N–H and O–H groups in total. The van der Waals surface area contributed by atoms with Gasteiger partial charge in [0.1, 0.15) is 11.9 Å². The highest BCUT2D eigenvalue weighted by Crippen LogP contribution is 2.29. The lowest BCUT2D eigenvalue weighted by molar-refractivity contribution is -0.137. The Labute approximate surface area is 142 Å². The predicted molar refractivity (Wildman–Crippen MR) is 85.6 cm³/mol. The van der Waals surface area contributed by atoms with Gasteiger partial charge in [-0.05, 0) is 29.3 Å². The second-order valence-electron chi connectivity index (χ2n) is 5.81. The molecule has 132 valence electrons. The highest BCUT2D eigenvalue weighted by Gasteiger charge is 2.30. The monoisotopic (exact) mass is 352 g/mol. The van der Waals surface area contributed by atoms with E-state index in [0.29, 0.717) is 25.1 Å². The van der Waals surface area contributed by atoms with E-state index in [0.717, 1.165) is 23.4 Å². The summed E-state index contributed by atoms with van der Waals surface area (Å²) in [6.45, 7) is 0.750. The Bertz CT molecular complexity index is 756. The standard InChI is InChI=1S/C18H16F4N2O/c19-15-6-4-13(5-7-15)17-9-16(25-24-17)11-23-10-12-2-1-3-14(8-12)18(20,21)22/h1-8,16,23H,9-11H2/t16-/m0/s1. The summed E-state index contributed by atoms with van der Waals surface area (Å²) in [4.78, 5) is 5.32. The highest BCUT2D eigenvalue weighted by atomic mass is 19.4. The van der Waals surface area contributed by atoms with Crippen LogP contribution in [0.4, 0.5) is 17.6 Å². The molecule has 0 aliphatic carbocycles. The predicted octanol–water partition coefficient (Wildman–Crippen LogP) is 4.13. The summed E-state index contributed by atoms with van der Waals surface area (Å²) in [5.74, 6) is -0.317. The summed E-state index contributed by atoms with van der Waals surface area (Å²) in [7, 11) is 0. The van der Waals surface area contributed by atoms with Gasteiger partial charge in [0.15, 0.2) is 0 Å². The summed E-state index contributed by atoms with van der Waals surface area (Å²) in [5, 5.41) is 7.07. The van der Waals surface area contributed by atoms with Gasteiger partial charge in [0.25, 0.3) is 0 Å². The van der Waals surface area contributed by atoms with Gasteiger partial charge in [-0.2, -0.15) is 13.2 Å². The number of nitrogens with zero attached hydrogens (tertiary/aromatic N) is 1. The van der Waals surface area contributed by atoms with E-state index in [1.807, 2.05) is 0 Å². The number of rotatable bonds is 5. The molecule has 0 radical (unpaired) electrons. The van der Waals surface area contributed by atoms with Gasteiger partial charge >= 0.3 is 6.18 Å². The molecular formula is C18H16F4N2O. The van der Waals surface area contributed by atoms with Gasteiger partial charge in [-0.25, -0.2) is 4.39 Å². The number of nitrogens with one attached hydrogen (secondary N) is 1. The first kappa shape index (κ1) is 17.4. The number of hydrogen-bond acceptors (Lipinski definition) is 3. The molecule has 0 amide bonds. The minimum atomic E-state index is -4.34. The summed E-state index contributed by atoms with van der Waals surface area (Å²) in [6, 6.07) is 11.2. The summed E-state index contributed by atoms with van der Waals surface area (Å²) < 4.78 is 51.0. The third-order valence-electron chi connectivity index (χ3n) is 3.87. The van der Waals surface area contributed by atoms with Crippen LogP contribution in [0.25, 0.3) is 0 Å². The fourth-order valence-electron chi connectivity index (χ4n) is 2.59. The Balaban J connectivity index is 1.49. The van der Waals surface area contributed by atoms with Crippen molar-refractivity contribution in [2.45, 2.75) is 25.2 Å². The third-order valence-corrected chi connectivity index (χ3v) is 3.87. The number of oxime groups is 1. The topological polar surface area (TPSA) is 33.6 Å². The van der Waals surface area contributed by atoms with E-state index in [-0.39, 0.29) is 11.9 Å².